The number of halogens is 1. The minimum atomic E-state index is -0.344. The third-order valence-corrected chi connectivity index (χ3v) is 5.36. The predicted octanol–water partition coefficient (Wildman–Crippen LogP) is 6.56. The standard InChI is InChI=1S/C23H22FN3O2S/c1-14-9-18(10-15(2)22(14)28)25-26-19-11-16(12-20(13-19)27(3)4)23(29)30-21-7-5-17(24)6-8-21/h5-13,28H,1-4H3/b26-25+. The van der Waals surface area contributed by atoms with Crippen LogP contribution in [0.25, 0.3) is 0 Å². The predicted molar refractivity (Wildman–Crippen MR) is 119 cm³/mol. The van der Waals surface area contributed by atoms with Gasteiger partial charge in [-0.15, -0.1) is 0 Å². The third kappa shape index (κ3) is 5.24. The lowest BCUT2D eigenvalue weighted by Crippen LogP contribution is -2.09. The van der Waals surface area contributed by atoms with E-state index in [-0.39, 0.29) is 16.7 Å². The lowest BCUT2D eigenvalue weighted by molar-refractivity contribution is 0.108. The molecule has 3 aromatic carbocycles. The number of azo groups is 1. The summed E-state index contributed by atoms with van der Waals surface area (Å²) in [6, 6.07) is 14.6. The van der Waals surface area contributed by atoms with Crippen LogP contribution in [0, 0.1) is 19.7 Å². The molecule has 0 aromatic heterocycles. The fraction of sp³-hybridized carbons (Fsp3) is 0.174. The van der Waals surface area contributed by atoms with Crippen molar-refractivity contribution >= 4 is 33.9 Å². The smallest absolute Gasteiger partial charge is 0.224 e. The van der Waals surface area contributed by atoms with E-state index in [9.17, 15) is 14.3 Å². The summed E-state index contributed by atoms with van der Waals surface area (Å²) in [5.41, 5.74) is 3.88. The molecule has 0 atom stereocenters. The first-order valence-electron chi connectivity index (χ1n) is 9.25. The summed E-state index contributed by atoms with van der Waals surface area (Å²) in [7, 11) is 3.76. The average Bonchev–Trinajstić information content (AvgIpc) is 2.71. The summed E-state index contributed by atoms with van der Waals surface area (Å²) in [6.07, 6.45) is 0. The van der Waals surface area contributed by atoms with Gasteiger partial charge in [-0.2, -0.15) is 10.2 Å². The Kier molecular flexibility index (Phi) is 6.52. The highest BCUT2D eigenvalue weighted by Crippen LogP contribution is 2.31. The average molecular weight is 424 g/mol. The van der Waals surface area contributed by atoms with E-state index in [0.717, 1.165) is 28.6 Å². The van der Waals surface area contributed by atoms with E-state index < -0.39 is 0 Å². The van der Waals surface area contributed by atoms with Gasteiger partial charge in [-0.05, 0) is 91.3 Å². The lowest BCUT2D eigenvalue weighted by Gasteiger charge is -2.14. The molecule has 154 valence electrons. The monoisotopic (exact) mass is 423 g/mol. The molecule has 0 amide bonds. The molecule has 0 saturated carbocycles. The molecular weight excluding hydrogens is 401 g/mol. The summed E-state index contributed by atoms with van der Waals surface area (Å²) in [4.78, 5) is 15.3. The van der Waals surface area contributed by atoms with Crippen LogP contribution in [-0.2, 0) is 0 Å². The number of anilines is 1. The molecular formula is C23H22FN3O2S. The van der Waals surface area contributed by atoms with Gasteiger partial charge in [-0.1, -0.05) is 0 Å². The molecule has 0 unspecified atom stereocenters. The van der Waals surface area contributed by atoms with E-state index in [2.05, 4.69) is 10.2 Å². The maximum absolute atomic E-state index is 13.1. The zero-order chi connectivity index (χ0) is 21.8. The van der Waals surface area contributed by atoms with Crippen LogP contribution >= 0.6 is 11.8 Å². The molecule has 3 aromatic rings. The van der Waals surface area contributed by atoms with Crippen LogP contribution in [0.1, 0.15) is 21.5 Å². The van der Waals surface area contributed by atoms with E-state index in [0.29, 0.717) is 21.8 Å². The molecule has 7 heteroatoms. The summed E-state index contributed by atoms with van der Waals surface area (Å²) in [6.45, 7) is 3.61. The normalized spacial score (nSPS) is 11.1. The number of aromatic hydroxyl groups is 1. The van der Waals surface area contributed by atoms with Crippen molar-refractivity contribution < 1.29 is 14.3 Å². The first-order chi connectivity index (χ1) is 14.2. The highest BCUT2D eigenvalue weighted by Gasteiger charge is 2.12. The zero-order valence-corrected chi connectivity index (χ0v) is 18.0. The molecule has 0 aliphatic carbocycles. The van der Waals surface area contributed by atoms with Crippen molar-refractivity contribution in [2.45, 2.75) is 18.7 Å². The SMILES string of the molecule is Cc1cc(/N=N/c2cc(C(=O)Sc3ccc(F)cc3)cc(N(C)C)c2)cc(C)c1O. The molecule has 0 aliphatic heterocycles. The number of benzene rings is 3. The molecule has 0 bridgehead atoms. The zero-order valence-electron chi connectivity index (χ0n) is 17.2. The van der Waals surface area contributed by atoms with Crippen LogP contribution in [-0.4, -0.2) is 24.3 Å². The number of carbonyl (C=O) groups is 1. The number of phenols is 1. The summed E-state index contributed by atoms with van der Waals surface area (Å²) in [5, 5.41) is 18.3. The topological polar surface area (TPSA) is 65.3 Å². The van der Waals surface area contributed by atoms with E-state index in [4.69, 9.17) is 0 Å². The van der Waals surface area contributed by atoms with Gasteiger partial charge in [0, 0.05) is 30.2 Å². The van der Waals surface area contributed by atoms with Crippen LogP contribution < -0.4 is 4.90 Å². The van der Waals surface area contributed by atoms with Crippen molar-refractivity contribution in [2.75, 3.05) is 19.0 Å². The molecule has 0 heterocycles. The van der Waals surface area contributed by atoms with E-state index in [1.165, 1.54) is 12.1 Å². The molecule has 0 radical (unpaired) electrons. The Morgan fingerprint density at radius 1 is 0.933 bits per heavy atom. The Hall–Kier alpha value is -3.19. The van der Waals surface area contributed by atoms with Crippen molar-refractivity contribution in [1.82, 2.24) is 0 Å². The van der Waals surface area contributed by atoms with Gasteiger partial charge in [-0.25, -0.2) is 4.39 Å². The molecule has 1 N–H and O–H groups in total. The molecule has 0 spiro atoms. The van der Waals surface area contributed by atoms with Crippen molar-refractivity contribution in [1.29, 1.82) is 0 Å². The van der Waals surface area contributed by atoms with E-state index in [1.807, 2.05) is 25.1 Å². The van der Waals surface area contributed by atoms with E-state index >= 15 is 0 Å². The quantitative estimate of drug-likeness (QED) is 0.373. The molecule has 0 saturated heterocycles. The van der Waals surface area contributed by atoms with Gasteiger partial charge in [-0.3, -0.25) is 4.79 Å². The Balaban J connectivity index is 1.90. The molecule has 3 rings (SSSR count). The minimum absolute atomic E-state index is 0.168. The molecule has 30 heavy (non-hydrogen) atoms. The van der Waals surface area contributed by atoms with Crippen LogP contribution in [0.2, 0.25) is 0 Å². The first kappa shape index (κ1) is 21.5. The highest BCUT2D eigenvalue weighted by atomic mass is 32.2. The summed E-state index contributed by atoms with van der Waals surface area (Å²) < 4.78 is 13.1. The fourth-order valence-electron chi connectivity index (χ4n) is 2.80. The van der Waals surface area contributed by atoms with Crippen LogP contribution in [0.5, 0.6) is 5.75 Å². The Morgan fingerprint density at radius 3 is 2.07 bits per heavy atom. The number of thioether (sulfide) groups is 1. The van der Waals surface area contributed by atoms with Gasteiger partial charge in [0.1, 0.15) is 11.6 Å². The van der Waals surface area contributed by atoms with Gasteiger partial charge in [0.25, 0.3) is 0 Å². The lowest BCUT2D eigenvalue weighted by atomic mass is 10.1. The van der Waals surface area contributed by atoms with Crippen LogP contribution in [0.4, 0.5) is 21.5 Å². The number of aryl methyl sites for hydroxylation is 2. The van der Waals surface area contributed by atoms with Crippen molar-refractivity contribution in [2.24, 2.45) is 10.2 Å². The number of phenolic OH excluding ortho intramolecular Hbond substituents is 1. The van der Waals surface area contributed by atoms with Gasteiger partial charge < -0.3 is 10.0 Å². The van der Waals surface area contributed by atoms with Crippen molar-refractivity contribution in [3.05, 3.63) is 77.1 Å². The minimum Gasteiger partial charge on any atom is -0.507 e. The highest BCUT2D eigenvalue weighted by molar-refractivity contribution is 8.14. The second-order valence-corrected chi connectivity index (χ2v) is 8.15. The van der Waals surface area contributed by atoms with Gasteiger partial charge in [0.2, 0.25) is 5.12 Å². The Bertz CT molecular complexity index is 1090. The Morgan fingerprint density at radius 2 is 1.50 bits per heavy atom. The van der Waals surface area contributed by atoms with Gasteiger partial charge in [0.05, 0.1) is 11.4 Å². The number of nitrogens with zero attached hydrogens (tertiary/aromatic N) is 3. The first-order valence-corrected chi connectivity index (χ1v) is 10.1. The second-order valence-electron chi connectivity index (χ2n) is 7.10. The van der Waals surface area contributed by atoms with Crippen LogP contribution in [0.3, 0.4) is 0 Å². The molecule has 0 fully saturated rings. The van der Waals surface area contributed by atoms with Crippen molar-refractivity contribution in [3.63, 3.8) is 0 Å². The largest absolute Gasteiger partial charge is 0.507 e. The number of hydrogen-bond acceptors (Lipinski definition) is 6. The van der Waals surface area contributed by atoms with Gasteiger partial charge >= 0.3 is 0 Å². The van der Waals surface area contributed by atoms with Gasteiger partial charge in [0.15, 0.2) is 0 Å². The molecule has 5 nitrogen and oxygen atoms in total. The Labute approximate surface area is 179 Å². The third-order valence-electron chi connectivity index (χ3n) is 4.44. The maximum atomic E-state index is 13.1. The maximum Gasteiger partial charge on any atom is 0.224 e. The summed E-state index contributed by atoms with van der Waals surface area (Å²) in [5.74, 6) is -0.0990. The van der Waals surface area contributed by atoms with Crippen molar-refractivity contribution in [3.8, 4) is 5.75 Å². The summed E-state index contributed by atoms with van der Waals surface area (Å²) >= 11 is 1.03. The second kappa shape index (κ2) is 9.09. The fourth-order valence-corrected chi connectivity index (χ4v) is 3.53. The molecule has 0 aliphatic rings. The number of hydrogen-bond donors (Lipinski definition) is 1. The number of carbonyl (C=O) groups excluding carboxylic acids is 1. The van der Waals surface area contributed by atoms with E-state index in [1.54, 1.807) is 50.2 Å². The van der Waals surface area contributed by atoms with Crippen LogP contribution in [0.15, 0.2) is 69.7 Å². The number of rotatable bonds is 5.